The molecule has 0 spiro atoms. The van der Waals surface area contributed by atoms with Crippen LogP contribution < -0.4 is 22.9 Å². The molecular weight excluding hydrogens is 272 g/mol. The van der Waals surface area contributed by atoms with Crippen LogP contribution in [0.3, 0.4) is 0 Å². The molecule has 0 unspecified atom stereocenters. The fraction of sp³-hybridized carbons (Fsp3) is 0.333. The molecule has 0 aliphatic carbocycles. The van der Waals surface area contributed by atoms with Crippen LogP contribution in [-0.4, -0.2) is 0 Å². The number of hydrogen-bond donors (Lipinski definition) is 4. The SMILES string of the molecule is CCc1cc(CC)c(N)c(C)c1N.Cc1c(N)cccc1N. The Bertz CT molecular complexity index is 600. The van der Waals surface area contributed by atoms with Crippen LogP contribution in [0.5, 0.6) is 0 Å². The minimum Gasteiger partial charge on any atom is -0.398 e. The first-order valence-corrected chi connectivity index (χ1v) is 7.60. The summed E-state index contributed by atoms with van der Waals surface area (Å²) in [5.74, 6) is 0. The molecule has 0 aliphatic heterocycles. The van der Waals surface area contributed by atoms with E-state index in [1.807, 2.05) is 32.0 Å². The molecule has 2 aromatic carbocycles. The van der Waals surface area contributed by atoms with E-state index in [9.17, 15) is 0 Å². The van der Waals surface area contributed by atoms with Crippen molar-refractivity contribution in [2.45, 2.75) is 40.5 Å². The van der Waals surface area contributed by atoms with Crippen molar-refractivity contribution in [2.75, 3.05) is 22.9 Å². The summed E-state index contributed by atoms with van der Waals surface area (Å²) in [6.07, 6.45) is 1.94. The van der Waals surface area contributed by atoms with Gasteiger partial charge in [0.05, 0.1) is 0 Å². The first kappa shape index (κ1) is 17.7. The third kappa shape index (κ3) is 3.85. The molecule has 4 heteroatoms. The van der Waals surface area contributed by atoms with E-state index in [0.717, 1.165) is 46.7 Å². The molecule has 2 rings (SSSR count). The van der Waals surface area contributed by atoms with Crippen molar-refractivity contribution < 1.29 is 0 Å². The fourth-order valence-corrected chi connectivity index (χ4v) is 2.25. The number of aryl methyl sites for hydroxylation is 2. The van der Waals surface area contributed by atoms with Gasteiger partial charge in [-0.3, -0.25) is 0 Å². The number of anilines is 4. The van der Waals surface area contributed by atoms with E-state index in [1.165, 1.54) is 11.1 Å². The van der Waals surface area contributed by atoms with Crippen LogP contribution in [-0.2, 0) is 12.8 Å². The van der Waals surface area contributed by atoms with Crippen LogP contribution in [0.2, 0.25) is 0 Å². The molecule has 0 aromatic heterocycles. The zero-order chi connectivity index (χ0) is 16.9. The van der Waals surface area contributed by atoms with Gasteiger partial charge in [-0.2, -0.15) is 0 Å². The Kier molecular flexibility index (Phi) is 6.11. The lowest BCUT2D eigenvalue weighted by Crippen LogP contribution is -2.04. The summed E-state index contributed by atoms with van der Waals surface area (Å²) in [7, 11) is 0. The van der Waals surface area contributed by atoms with E-state index in [4.69, 9.17) is 22.9 Å². The Morgan fingerprint density at radius 3 is 1.45 bits per heavy atom. The van der Waals surface area contributed by atoms with E-state index < -0.39 is 0 Å². The van der Waals surface area contributed by atoms with Gasteiger partial charge in [0.2, 0.25) is 0 Å². The smallest absolute Gasteiger partial charge is 0.0397 e. The summed E-state index contributed by atoms with van der Waals surface area (Å²) in [6, 6.07) is 7.65. The minimum atomic E-state index is 0.759. The molecule has 2 aromatic rings. The molecular formula is C18H28N4. The molecule has 0 radical (unpaired) electrons. The Balaban J connectivity index is 0.000000235. The van der Waals surface area contributed by atoms with Crippen LogP contribution in [0.15, 0.2) is 24.3 Å². The van der Waals surface area contributed by atoms with Gasteiger partial charge < -0.3 is 22.9 Å². The van der Waals surface area contributed by atoms with E-state index in [2.05, 4.69) is 19.9 Å². The van der Waals surface area contributed by atoms with Crippen molar-refractivity contribution in [3.8, 4) is 0 Å². The Morgan fingerprint density at radius 1 is 0.727 bits per heavy atom. The quantitative estimate of drug-likeness (QED) is 0.638. The predicted octanol–water partition coefficient (Wildman–Crippen LogP) is 3.44. The van der Waals surface area contributed by atoms with Gasteiger partial charge in [-0.15, -0.1) is 0 Å². The zero-order valence-electron chi connectivity index (χ0n) is 14.0. The van der Waals surface area contributed by atoms with E-state index in [-0.39, 0.29) is 0 Å². The number of rotatable bonds is 2. The lowest BCUT2D eigenvalue weighted by Gasteiger charge is -2.13. The maximum atomic E-state index is 5.94. The molecule has 0 fully saturated rings. The van der Waals surface area contributed by atoms with Crippen molar-refractivity contribution in [1.82, 2.24) is 0 Å². The molecule has 0 bridgehead atoms. The van der Waals surface area contributed by atoms with Crippen molar-refractivity contribution in [2.24, 2.45) is 0 Å². The van der Waals surface area contributed by atoms with Gasteiger partial charge in [-0.1, -0.05) is 26.0 Å². The summed E-state index contributed by atoms with van der Waals surface area (Å²) >= 11 is 0. The second kappa shape index (κ2) is 7.59. The van der Waals surface area contributed by atoms with Gasteiger partial charge >= 0.3 is 0 Å². The maximum Gasteiger partial charge on any atom is 0.0397 e. The van der Waals surface area contributed by atoms with Crippen LogP contribution in [0.1, 0.15) is 36.1 Å². The average molecular weight is 300 g/mol. The number of nitrogen functional groups attached to an aromatic ring is 4. The highest BCUT2D eigenvalue weighted by molar-refractivity contribution is 5.68. The van der Waals surface area contributed by atoms with Crippen LogP contribution >= 0.6 is 0 Å². The van der Waals surface area contributed by atoms with Gasteiger partial charge in [0.15, 0.2) is 0 Å². The molecule has 0 aliphatic rings. The largest absolute Gasteiger partial charge is 0.398 e. The summed E-state index contributed by atoms with van der Waals surface area (Å²) in [5, 5.41) is 0. The summed E-state index contributed by atoms with van der Waals surface area (Å²) in [4.78, 5) is 0. The maximum absolute atomic E-state index is 5.94. The Morgan fingerprint density at radius 2 is 1.14 bits per heavy atom. The van der Waals surface area contributed by atoms with Crippen LogP contribution in [0.4, 0.5) is 22.7 Å². The molecule has 0 amide bonds. The van der Waals surface area contributed by atoms with Gasteiger partial charge in [0, 0.05) is 22.7 Å². The Hall–Kier alpha value is -2.36. The molecule has 0 saturated carbocycles. The molecule has 0 atom stereocenters. The molecule has 4 nitrogen and oxygen atoms in total. The summed E-state index contributed by atoms with van der Waals surface area (Å²) in [5.41, 5.74) is 30.6. The van der Waals surface area contributed by atoms with Gasteiger partial charge in [-0.05, 0) is 61.1 Å². The van der Waals surface area contributed by atoms with Gasteiger partial charge in [0.1, 0.15) is 0 Å². The van der Waals surface area contributed by atoms with E-state index >= 15 is 0 Å². The standard InChI is InChI=1S/C11H18N2.C7H10N2/c1-4-8-6-9(5-2)11(13)7(3)10(8)12;1-5-6(8)3-2-4-7(5)9/h6H,4-5,12-13H2,1-3H3;2-4H,8-9H2,1H3. The second-order valence-electron chi connectivity index (χ2n) is 5.42. The first-order valence-electron chi connectivity index (χ1n) is 7.60. The molecule has 0 heterocycles. The molecule has 120 valence electrons. The van der Waals surface area contributed by atoms with Crippen LogP contribution in [0, 0.1) is 13.8 Å². The average Bonchev–Trinajstić information content (AvgIpc) is 2.51. The van der Waals surface area contributed by atoms with Crippen LogP contribution in [0.25, 0.3) is 0 Å². The second-order valence-corrected chi connectivity index (χ2v) is 5.42. The van der Waals surface area contributed by atoms with Crippen molar-refractivity contribution in [3.63, 3.8) is 0 Å². The van der Waals surface area contributed by atoms with Gasteiger partial charge in [-0.25, -0.2) is 0 Å². The number of hydrogen-bond acceptors (Lipinski definition) is 4. The zero-order valence-corrected chi connectivity index (χ0v) is 14.0. The fourth-order valence-electron chi connectivity index (χ4n) is 2.25. The molecule has 22 heavy (non-hydrogen) atoms. The topological polar surface area (TPSA) is 104 Å². The third-order valence-electron chi connectivity index (χ3n) is 4.03. The lowest BCUT2D eigenvalue weighted by atomic mass is 9.98. The lowest BCUT2D eigenvalue weighted by molar-refractivity contribution is 1.08. The number of benzene rings is 2. The highest BCUT2D eigenvalue weighted by atomic mass is 14.6. The van der Waals surface area contributed by atoms with E-state index in [1.54, 1.807) is 0 Å². The predicted molar refractivity (Wildman–Crippen MR) is 98.8 cm³/mol. The first-order chi connectivity index (χ1) is 10.3. The highest BCUT2D eigenvalue weighted by Gasteiger charge is 2.08. The van der Waals surface area contributed by atoms with Crippen molar-refractivity contribution in [1.29, 1.82) is 0 Å². The minimum absolute atomic E-state index is 0.759. The van der Waals surface area contributed by atoms with Crippen molar-refractivity contribution in [3.05, 3.63) is 46.5 Å². The normalized spacial score (nSPS) is 10.0. The van der Waals surface area contributed by atoms with E-state index in [0.29, 0.717) is 0 Å². The highest BCUT2D eigenvalue weighted by Crippen LogP contribution is 2.27. The summed E-state index contributed by atoms with van der Waals surface area (Å²) < 4.78 is 0. The molecule has 0 saturated heterocycles. The molecule has 8 N–H and O–H groups in total. The third-order valence-corrected chi connectivity index (χ3v) is 4.03. The number of nitrogens with two attached hydrogens (primary N) is 4. The van der Waals surface area contributed by atoms with Crippen molar-refractivity contribution >= 4 is 22.7 Å². The monoisotopic (exact) mass is 300 g/mol. The Labute approximate surface area is 133 Å². The van der Waals surface area contributed by atoms with Gasteiger partial charge in [0.25, 0.3) is 0 Å². The summed E-state index contributed by atoms with van der Waals surface area (Å²) in [6.45, 7) is 8.12.